The minimum absolute atomic E-state index is 0.207. The van der Waals surface area contributed by atoms with Crippen LogP contribution in [0.25, 0.3) is 0 Å². The molecule has 1 aliphatic rings. The van der Waals surface area contributed by atoms with Gasteiger partial charge in [0.25, 0.3) is 0 Å². The molecule has 3 heteroatoms. The molecule has 0 atom stereocenters. The van der Waals surface area contributed by atoms with Crippen LogP contribution in [0.5, 0.6) is 0 Å². The van der Waals surface area contributed by atoms with E-state index in [-0.39, 0.29) is 5.91 Å². The average molecular weight is 218 g/mol. The number of carbonyl (C=O) groups excluding carboxylic acids is 1. The van der Waals surface area contributed by atoms with Gasteiger partial charge in [0.15, 0.2) is 0 Å². The first-order valence-electron chi connectivity index (χ1n) is 5.80. The standard InChI is InChI=1S/C13H18N2O/c1-11-3-5-12(6-4-11)10-15-8-2-7-14-9-13(15)16/h3-6,14H,2,7-10H2,1H3. The predicted octanol–water partition coefficient (Wildman–Crippen LogP) is 1.32. The van der Waals surface area contributed by atoms with Gasteiger partial charge in [0.05, 0.1) is 6.54 Å². The maximum atomic E-state index is 11.7. The van der Waals surface area contributed by atoms with E-state index < -0.39 is 0 Å². The number of amides is 1. The maximum Gasteiger partial charge on any atom is 0.236 e. The highest BCUT2D eigenvalue weighted by molar-refractivity contribution is 5.78. The van der Waals surface area contributed by atoms with E-state index in [0.29, 0.717) is 6.54 Å². The van der Waals surface area contributed by atoms with Gasteiger partial charge < -0.3 is 10.2 Å². The Labute approximate surface area is 96.5 Å². The van der Waals surface area contributed by atoms with E-state index in [0.717, 1.165) is 26.1 Å². The van der Waals surface area contributed by atoms with E-state index >= 15 is 0 Å². The molecule has 16 heavy (non-hydrogen) atoms. The van der Waals surface area contributed by atoms with Crippen molar-refractivity contribution in [2.75, 3.05) is 19.6 Å². The molecule has 86 valence electrons. The van der Waals surface area contributed by atoms with Crippen LogP contribution in [0, 0.1) is 6.92 Å². The van der Waals surface area contributed by atoms with Gasteiger partial charge in [-0.15, -0.1) is 0 Å². The fourth-order valence-corrected chi connectivity index (χ4v) is 1.91. The molecule has 1 aliphatic heterocycles. The minimum Gasteiger partial charge on any atom is -0.337 e. The average Bonchev–Trinajstić information content (AvgIpc) is 2.48. The van der Waals surface area contributed by atoms with Crippen molar-refractivity contribution in [3.05, 3.63) is 35.4 Å². The first-order chi connectivity index (χ1) is 7.75. The molecular weight excluding hydrogens is 200 g/mol. The Balaban J connectivity index is 2.02. The lowest BCUT2D eigenvalue weighted by molar-refractivity contribution is -0.130. The van der Waals surface area contributed by atoms with Gasteiger partial charge in [0.2, 0.25) is 5.91 Å². The monoisotopic (exact) mass is 218 g/mol. The molecule has 1 heterocycles. The molecule has 1 aromatic carbocycles. The van der Waals surface area contributed by atoms with Crippen molar-refractivity contribution in [1.29, 1.82) is 0 Å². The number of nitrogens with zero attached hydrogens (tertiary/aromatic N) is 1. The lowest BCUT2D eigenvalue weighted by Crippen LogP contribution is -2.34. The fourth-order valence-electron chi connectivity index (χ4n) is 1.91. The summed E-state index contributed by atoms with van der Waals surface area (Å²) >= 11 is 0. The second kappa shape index (κ2) is 5.12. The number of aryl methyl sites for hydroxylation is 1. The van der Waals surface area contributed by atoms with Gasteiger partial charge in [-0.2, -0.15) is 0 Å². The molecule has 1 amide bonds. The Morgan fingerprint density at radius 1 is 1.31 bits per heavy atom. The van der Waals surface area contributed by atoms with Gasteiger partial charge in [0.1, 0.15) is 0 Å². The van der Waals surface area contributed by atoms with Crippen LogP contribution in [0.3, 0.4) is 0 Å². The molecule has 0 bridgehead atoms. The topological polar surface area (TPSA) is 32.3 Å². The van der Waals surface area contributed by atoms with Gasteiger partial charge in [-0.25, -0.2) is 0 Å². The summed E-state index contributed by atoms with van der Waals surface area (Å²) in [6, 6.07) is 8.38. The lowest BCUT2D eigenvalue weighted by atomic mass is 10.1. The van der Waals surface area contributed by atoms with Crippen LogP contribution in [0.15, 0.2) is 24.3 Å². The molecule has 0 aliphatic carbocycles. The Morgan fingerprint density at radius 3 is 2.81 bits per heavy atom. The quantitative estimate of drug-likeness (QED) is 0.812. The number of rotatable bonds is 2. The smallest absolute Gasteiger partial charge is 0.236 e. The summed E-state index contributed by atoms with van der Waals surface area (Å²) < 4.78 is 0. The van der Waals surface area contributed by atoms with Crippen LogP contribution >= 0.6 is 0 Å². The summed E-state index contributed by atoms with van der Waals surface area (Å²) in [6.07, 6.45) is 1.04. The molecule has 3 nitrogen and oxygen atoms in total. The van der Waals surface area contributed by atoms with E-state index in [1.165, 1.54) is 11.1 Å². The summed E-state index contributed by atoms with van der Waals surface area (Å²) in [5.41, 5.74) is 2.47. The van der Waals surface area contributed by atoms with Crippen molar-refractivity contribution in [2.24, 2.45) is 0 Å². The zero-order chi connectivity index (χ0) is 11.4. The van der Waals surface area contributed by atoms with Crippen LogP contribution < -0.4 is 5.32 Å². The van der Waals surface area contributed by atoms with Gasteiger partial charge in [-0.05, 0) is 25.5 Å². The van der Waals surface area contributed by atoms with E-state index in [1.54, 1.807) is 0 Å². The van der Waals surface area contributed by atoms with Crippen molar-refractivity contribution in [3.8, 4) is 0 Å². The highest BCUT2D eigenvalue weighted by atomic mass is 16.2. The number of nitrogens with one attached hydrogen (secondary N) is 1. The summed E-state index contributed by atoms with van der Waals surface area (Å²) in [6.45, 7) is 5.09. The largest absolute Gasteiger partial charge is 0.337 e. The molecule has 0 aromatic heterocycles. The van der Waals surface area contributed by atoms with Crippen LogP contribution in [0.4, 0.5) is 0 Å². The third-order valence-electron chi connectivity index (χ3n) is 2.90. The molecular formula is C13H18N2O. The van der Waals surface area contributed by atoms with Gasteiger partial charge in [-0.1, -0.05) is 29.8 Å². The molecule has 1 fully saturated rings. The van der Waals surface area contributed by atoms with Crippen molar-refractivity contribution in [2.45, 2.75) is 19.9 Å². The molecule has 1 saturated heterocycles. The second-order valence-corrected chi connectivity index (χ2v) is 4.33. The Bertz CT molecular complexity index is 359. The van der Waals surface area contributed by atoms with Crippen LogP contribution in [0.2, 0.25) is 0 Å². The first-order valence-corrected chi connectivity index (χ1v) is 5.80. The zero-order valence-corrected chi connectivity index (χ0v) is 9.70. The molecule has 1 aromatic rings. The zero-order valence-electron chi connectivity index (χ0n) is 9.70. The van der Waals surface area contributed by atoms with Crippen molar-refractivity contribution >= 4 is 5.91 Å². The second-order valence-electron chi connectivity index (χ2n) is 4.33. The highest BCUT2D eigenvalue weighted by Crippen LogP contribution is 2.08. The van der Waals surface area contributed by atoms with Crippen LogP contribution in [-0.4, -0.2) is 30.4 Å². The Kier molecular flexibility index (Phi) is 3.57. The van der Waals surface area contributed by atoms with Crippen molar-refractivity contribution < 1.29 is 4.79 Å². The summed E-state index contributed by atoms with van der Waals surface area (Å²) in [4.78, 5) is 13.7. The molecule has 0 unspecified atom stereocenters. The summed E-state index contributed by atoms with van der Waals surface area (Å²) in [7, 11) is 0. The van der Waals surface area contributed by atoms with E-state index in [9.17, 15) is 4.79 Å². The fraction of sp³-hybridized carbons (Fsp3) is 0.462. The van der Waals surface area contributed by atoms with E-state index in [1.807, 2.05) is 4.90 Å². The van der Waals surface area contributed by atoms with Crippen molar-refractivity contribution in [1.82, 2.24) is 10.2 Å². The SMILES string of the molecule is Cc1ccc(CN2CCCNCC2=O)cc1. The van der Waals surface area contributed by atoms with Gasteiger partial charge >= 0.3 is 0 Å². The molecule has 0 spiro atoms. The molecule has 0 radical (unpaired) electrons. The Morgan fingerprint density at radius 2 is 2.06 bits per heavy atom. The lowest BCUT2D eigenvalue weighted by Gasteiger charge is -2.20. The van der Waals surface area contributed by atoms with Crippen LogP contribution in [0.1, 0.15) is 17.5 Å². The first kappa shape index (κ1) is 11.1. The highest BCUT2D eigenvalue weighted by Gasteiger charge is 2.15. The maximum absolute atomic E-state index is 11.7. The third kappa shape index (κ3) is 2.83. The van der Waals surface area contributed by atoms with E-state index in [2.05, 4.69) is 36.5 Å². The molecule has 1 N–H and O–H groups in total. The summed E-state index contributed by atoms with van der Waals surface area (Å²) in [5, 5.41) is 3.13. The normalized spacial score (nSPS) is 17.3. The van der Waals surface area contributed by atoms with E-state index in [4.69, 9.17) is 0 Å². The van der Waals surface area contributed by atoms with Crippen LogP contribution in [-0.2, 0) is 11.3 Å². The van der Waals surface area contributed by atoms with Gasteiger partial charge in [0, 0.05) is 13.1 Å². The Hall–Kier alpha value is -1.35. The predicted molar refractivity (Wildman–Crippen MR) is 64.1 cm³/mol. The summed E-state index contributed by atoms with van der Waals surface area (Å²) in [5.74, 6) is 0.207. The number of benzene rings is 1. The number of carbonyl (C=O) groups is 1. The third-order valence-corrected chi connectivity index (χ3v) is 2.90. The number of hydrogen-bond donors (Lipinski definition) is 1. The minimum atomic E-state index is 0.207. The molecule has 2 rings (SSSR count). The molecule has 0 saturated carbocycles. The van der Waals surface area contributed by atoms with Crippen molar-refractivity contribution in [3.63, 3.8) is 0 Å². The number of hydrogen-bond acceptors (Lipinski definition) is 2. The van der Waals surface area contributed by atoms with Gasteiger partial charge in [-0.3, -0.25) is 4.79 Å².